The minimum Gasteiger partial charge on any atom is -0.395 e. The van der Waals surface area contributed by atoms with Gasteiger partial charge in [-0.3, -0.25) is 4.98 Å². The van der Waals surface area contributed by atoms with Crippen LogP contribution >= 0.6 is 0 Å². The van der Waals surface area contributed by atoms with Gasteiger partial charge < -0.3 is 5.11 Å². The van der Waals surface area contributed by atoms with Crippen molar-refractivity contribution < 1.29 is 9.50 Å². The lowest BCUT2D eigenvalue weighted by molar-refractivity contribution is 0.219. The number of fused-ring (bicyclic) bond motifs is 1. The van der Waals surface area contributed by atoms with E-state index in [4.69, 9.17) is 0 Å². The molecule has 0 radical (unpaired) electrons. The van der Waals surface area contributed by atoms with Gasteiger partial charge in [0.15, 0.2) is 0 Å². The van der Waals surface area contributed by atoms with E-state index in [9.17, 15) is 9.50 Å². The minimum absolute atomic E-state index is 0.0405. The van der Waals surface area contributed by atoms with E-state index in [2.05, 4.69) is 4.98 Å². The topological polar surface area (TPSA) is 33.1 Å². The summed E-state index contributed by atoms with van der Waals surface area (Å²) in [6.07, 6.45) is 0. The van der Waals surface area contributed by atoms with Crippen LogP contribution in [0.3, 0.4) is 0 Å². The first-order chi connectivity index (χ1) is 7.94. The molecular formula is C14H16FNO. The summed E-state index contributed by atoms with van der Waals surface area (Å²) >= 11 is 0. The van der Waals surface area contributed by atoms with Crippen LogP contribution in [0.15, 0.2) is 24.3 Å². The lowest BCUT2D eigenvalue weighted by Crippen LogP contribution is -2.23. The SMILES string of the molecule is Cc1ccc2cc(F)cc(C(C)(C)CO)c2n1. The first-order valence-electron chi connectivity index (χ1n) is 5.62. The average Bonchev–Trinajstić information content (AvgIpc) is 2.28. The molecule has 0 saturated heterocycles. The van der Waals surface area contributed by atoms with Crippen LogP contribution in [0.2, 0.25) is 0 Å². The molecule has 1 heterocycles. The molecule has 2 aromatic rings. The van der Waals surface area contributed by atoms with Crippen molar-refractivity contribution in [2.45, 2.75) is 26.2 Å². The number of rotatable bonds is 2. The Morgan fingerprint density at radius 3 is 2.65 bits per heavy atom. The Morgan fingerprint density at radius 2 is 2.00 bits per heavy atom. The van der Waals surface area contributed by atoms with E-state index in [0.717, 1.165) is 22.2 Å². The van der Waals surface area contributed by atoms with Crippen molar-refractivity contribution in [3.63, 3.8) is 0 Å². The van der Waals surface area contributed by atoms with E-state index in [1.165, 1.54) is 12.1 Å². The molecule has 2 rings (SSSR count). The van der Waals surface area contributed by atoms with Gasteiger partial charge in [-0.25, -0.2) is 4.39 Å². The van der Waals surface area contributed by atoms with Crippen LogP contribution in [0.1, 0.15) is 25.1 Å². The van der Waals surface area contributed by atoms with E-state index < -0.39 is 5.41 Å². The zero-order valence-electron chi connectivity index (χ0n) is 10.3. The molecule has 0 aliphatic rings. The van der Waals surface area contributed by atoms with Gasteiger partial charge in [0.2, 0.25) is 0 Å². The second kappa shape index (κ2) is 4.08. The van der Waals surface area contributed by atoms with Gasteiger partial charge in [-0.05, 0) is 30.7 Å². The van der Waals surface area contributed by atoms with Crippen molar-refractivity contribution in [2.24, 2.45) is 0 Å². The van der Waals surface area contributed by atoms with Crippen LogP contribution in [0.4, 0.5) is 4.39 Å². The van der Waals surface area contributed by atoms with E-state index in [0.29, 0.717) is 0 Å². The fourth-order valence-corrected chi connectivity index (χ4v) is 1.90. The molecule has 0 aliphatic heterocycles. The Morgan fingerprint density at radius 1 is 1.29 bits per heavy atom. The van der Waals surface area contributed by atoms with Crippen LogP contribution in [0.25, 0.3) is 10.9 Å². The Bertz CT molecular complexity index is 563. The highest BCUT2D eigenvalue weighted by atomic mass is 19.1. The predicted molar refractivity (Wildman–Crippen MR) is 66.5 cm³/mol. The van der Waals surface area contributed by atoms with Gasteiger partial charge in [0.1, 0.15) is 5.82 Å². The third kappa shape index (κ3) is 2.15. The number of benzene rings is 1. The number of nitrogens with zero attached hydrogens (tertiary/aromatic N) is 1. The van der Waals surface area contributed by atoms with Gasteiger partial charge in [-0.1, -0.05) is 19.9 Å². The van der Waals surface area contributed by atoms with Crippen molar-refractivity contribution in [1.82, 2.24) is 4.98 Å². The molecule has 0 bridgehead atoms. The lowest BCUT2D eigenvalue weighted by atomic mass is 9.84. The number of aliphatic hydroxyl groups excluding tert-OH is 1. The summed E-state index contributed by atoms with van der Waals surface area (Å²) in [6.45, 7) is 5.62. The van der Waals surface area contributed by atoms with Crippen LogP contribution in [0.5, 0.6) is 0 Å². The Labute approximate surface area is 100 Å². The fraction of sp³-hybridized carbons (Fsp3) is 0.357. The third-order valence-electron chi connectivity index (χ3n) is 3.02. The number of aromatic nitrogens is 1. The summed E-state index contributed by atoms with van der Waals surface area (Å²) in [5.41, 5.74) is 1.91. The molecule has 0 unspecified atom stereocenters. The zero-order chi connectivity index (χ0) is 12.6. The maximum atomic E-state index is 13.6. The molecule has 0 saturated carbocycles. The maximum Gasteiger partial charge on any atom is 0.124 e. The van der Waals surface area contributed by atoms with Crippen molar-refractivity contribution >= 4 is 10.9 Å². The molecular weight excluding hydrogens is 217 g/mol. The molecule has 17 heavy (non-hydrogen) atoms. The van der Waals surface area contributed by atoms with Gasteiger partial charge in [0.25, 0.3) is 0 Å². The molecule has 1 aromatic carbocycles. The fourth-order valence-electron chi connectivity index (χ4n) is 1.90. The summed E-state index contributed by atoms with van der Waals surface area (Å²) in [5.74, 6) is -0.292. The first-order valence-corrected chi connectivity index (χ1v) is 5.62. The minimum atomic E-state index is -0.499. The summed E-state index contributed by atoms with van der Waals surface area (Å²) < 4.78 is 13.6. The highest BCUT2D eigenvalue weighted by molar-refractivity contribution is 5.83. The average molecular weight is 233 g/mol. The molecule has 3 heteroatoms. The van der Waals surface area contributed by atoms with Crippen molar-refractivity contribution in [3.8, 4) is 0 Å². The number of aliphatic hydroxyl groups is 1. The number of pyridine rings is 1. The van der Waals surface area contributed by atoms with Gasteiger partial charge >= 0.3 is 0 Å². The summed E-state index contributed by atoms with van der Waals surface area (Å²) in [5, 5.41) is 10.2. The molecule has 0 fully saturated rings. The van der Waals surface area contributed by atoms with Gasteiger partial charge in [-0.15, -0.1) is 0 Å². The van der Waals surface area contributed by atoms with E-state index in [1.54, 1.807) is 0 Å². The second-order valence-corrected chi connectivity index (χ2v) is 5.02. The Balaban J connectivity index is 2.81. The summed E-state index contributed by atoms with van der Waals surface area (Å²) in [7, 11) is 0. The molecule has 2 nitrogen and oxygen atoms in total. The monoisotopic (exact) mass is 233 g/mol. The number of aryl methyl sites for hydroxylation is 1. The second-order valence-electron chi connectivity index (χ2n) is 5.02. The van der Waals surface area contributed by atoms with E-state index in [-0.39, 0.29) is 12.4 Å². The van der Waals surface area contributed by atoms with Crippen LogP contribution in [-0.4, -0.2) is 16.7 Å². The summed E-state index contributed by atoms with van der Waals surface area (Å²) in [4.78, 5) is 4.45. The highest BCUT2D eigenvalue weighted by Crippen LogP contribution is 2.30. The van der Waals surface area contributed by atoms with Crippen molar-refractivity contribution in [1.29, 1.82) is 0 Å². The highest BCUT2D eigenvalue weighted by Gasteiger charge is 2.23. The zero-order valence-corrected chi connectivity index (χ0v) is 10.3. The predicted octanol–water partition coefficient (Wildman–Crippen LogP) is 2.95. The van der Waals surface area contributed by atoms with Gasteiger partial charge in [0, 0.05) is 16.5 Å². The molecule has 0 spiro atoms. The van der Waals surface area contributed by atoms with E-state index >= 15 is 0 Å². The van der Waals surface area contributed by atoms with Gasteiger partial charge in [0.05, 0.1) is 12.1 Å². The van der Waals surface area contributed by atoms with Gasteiger partial charge in [-0.2, -0.15) is 0 Å². The normalized spacial score (nSPS) is 12.1. The molecule has 1 N–H and O–H groups in total. The standard InChI is InChI=1S/C14H16FNO/c1-9-4-5-10-6-11(15)7-12(13(10)16-9)14(2,3)8-17/h4-7,17H,8H2,1-3H3. The summed E-state index contributed by atoms with van der Waals surface area (Å²) in [6, 6.07) is 6.65. The Kier molecular flexibility index (Phi) is 2.87. The van der Waals surface area contributed by atoms with Crippen LogP contribution in [0, 0.1) is 12.7 Å². The van der Waals surface area contributed by atoms with Crippen LogP contribution < -0.4 is 0 Å². The number of hydrogen-bond acceptors (Lipinski definition) is 2. The Hall–Kier alpha value is -1.48. The molecule has 90 valence electrons. The molecule has 1 aromatic heterocycles. The van der Waals surface area contributed by atoms with Crippen LogP contribution in [-0.2, 0) is 5.41 Å². The first kappa shape index (κ1) is 12.0. The van der Waals surface area contributed by atoms with Crippen molar-refractivity contribution in [3.05, 3.63) is 41.3 Å². The van der Waals surface area contributed by atoms with Crippen molar-refractivity contribution in [2.75, 3.05) is 6.61 Å². The largest absolute Gasteiger partial charge is 0.395 e. The quantitative estimate of drug-likeness (QED) is 0.865. The smallest absolute Gasteiger partial charge is 0.124 e. The van der Waals surface area contributed by atoms with E-state index in [1.807, 2.05) is 32.9 Å². The number of halogens is 1. The molecule has 0 atom stereocenters. The maximum absolute atomic E-state index is 13.6. The molecule has 0 aliphatic carbocycles. The lowest BCUT2D eigenvalue weighted by Gasteiger charge is -2.23. The molecule has 0 amide bonds. The number of hydrogen-bond donors (Lipinski definition) is 1. The third-order valence-corrected chi connectivity index (χ3v) is 3.02.